The molecule has 0 aliphatic rings. The van der Waals surface area contributed by atoms with Gasteiger partial charge in [0.05, 0.1) is 22.3 Å². The molecule has 0 atom stereocenters. The standard InChI is InChI=1S/C21H20N4O2S/c1-4-15(26)12-28-21-23-22-20-24(18-11-13(2)9-10-14(18)3)19(27)16-7-5-6-8-17(16)25(20)21/h5-11H,4,12H2,1-3H3. The fraction of sp³-hybridized carbons (Fsp3) is 0.238. The highest BCUT2D eigenvalue weighted by Crippen LogP contribution is 2.24. The van der Waals surface area contributed by atoms with Gasteiger partial charge in [-0.1, -0.05) is 43.0 Å². The zero-order chi connectivity index (χ0) is 19.8. The van der Waals surface area contributed by atoms with E-state index in [9.17, 15) is 9.59 Å². The van der Waals surface area contributed by atoms with Gasteiger partial charge in [0.1, 0.15) is 5.78 Å². The van der Waals surface area contributed by atoms with Crippen molar-refractivity contribution in [2.75, 3.05) is 5.75 Å². The lowest BCUT2D eigenvalue weighted by Crippen LogP contribution is -2.22. The van der Waals surface area contributed by atoms with Gasteiger partial charge < -0.3 is 0 Å². The van der Waals surface area contributed by atoms with Crippen molar-refractivity contribution in [3.63, 3.8) is 0 Å². The largest absolute Gasteiger partial charge is 0.299 e. The van der Waals surface area contributed by atoms with Gasteiger partial charge in [0, 0.05) is 6.42 Å². The first-order chi connectivity index (χ1) is 13.5. The van der Waals surface area contributed by atoms with E-state index in [4.69, 9.17) is 0 Å². The topological polar surface area (TPSA) is 69.3 Å². The number of benzene rings is 2. The molecule has 2 aromatic heterocycles. The van der Waals surface area contributed by atoms with Gasteiger partial charge in [0.2, 0.25) is 5.78 Å². The average molecular weight is 392 g/mol. The van der Waals surface area contributed by atoms with E-state index in [0.29, 0.717) is 28.5 Å². The molecule has 4 rings (SSSR count). The molecule has 0 aliphatic heterocycles. The molecule has 0 aliphatic carbocycles. The summed E-state index contributed by atoms with van der Waals surface area (Å²) in [5.74, 6) is 0.923. The molecule has 4 aromatic rings. The number of Topliss-reactive ketones (excluding diaryl/α,β-unsaturated/α-hetero) is 1. The lowest BCUT2D eigenvalue weighted by atomic mass is 10.1. The van der Waals surface area contributed by atoms with Crippen molar-refractivity contribution in [1.29, 1.82) is 0 Å². The van der Waals surface area contributed by atoms with Crippen LogP contribution in [-0.4, -0.2) is 30.7 Å². The molecule has 0 saturated carbocycles. The Morgan fingerprint density at radius 3 is 2.68 bits per heavy atom. The second-order valence-electron chi connectivity index (χ2n) is 6.75. The van der Waals surface area contributed by atoms with E-state index in [-0.39, 0.29) is 11.3 Å². The molecular formula is C21H20N4O2S. The van der Waals surface area contributed by atoms with Crippen LogP contribution in [0.2, 0.25) is 0 Å². The first-order valence-corrected chi connectivity index (χ1v) is 10.1. The summed E-state index contributed by atoms with van der Waals surface area (Å²) < 4.78 is 3.48. The van der Waals surface area contributed by atoms with Crippen LogP contribution in [0, 0.1) is 13.8 Å². The number of thioether (sulfide) groups is 1. The van der Waals surface area contributed by atoms with Crippen LogP contribution in [-0.2, 0) is 4.79 Å². The van der Waals surface area contributed by atoms with Gasteiger partial charge >= 0.3 is 0 Å². The van der Waals surface area contributed by atoms with Crippen molar-refractivity contribution in [2.24, 2.45) is 0 Å². The zero-order valence-corrected chi connectivity index (χ0v) is 16.8. The third-order valence-electron chi connectivity index (χ3n) is 4.76. The van der Waals surface area contributed by atoms with Gasteiger partial charge in [-0.3, -0.25) is 14.0 Å². The minimum absolute atomic E-state index is 0.134. The predicted molar refractivity (Wildman–Crippen MR) is 112 cm³/mol. The predicted octanol–water partition coefficient (Wildman–Crippen LogP) is 3.72. The molecule has 0 N–H and O–H groups in total. The molecule has 0 bridgehead atoms. The smallest absolute Gasteiger partial charge is 0.267 e. The maximum atomic E-state index is 13.3. The summed E-state index contributed by atoms with van der Waals surface area (Å²) in [6, 6.07) is 13.4. The number of hydrogen-bond acceptors (Lipinski definition) is 5. The van der Waals surface area contributed by atoms with E-state index < -0.39 is 0 Å². The summed E-state index contributed by atoms with van der Waals surface area (Å²) in [4.78, 5) is 25.1. The number of carbonyl (C=O) groups excluding carboxylic acids is 1. The Hall–Kier alpha value is -2.93. The number of nitrogens with zero attached hydrogens (tertiary/aromatic N) is 4. The SMILES string of the molecule is CCC(=O)CSc1nnc2n(-c3cc(C)ccc3C)c(=O)c3ccccc3n12. The molecule has 6 nitrogen and oxygen atoms in total. The molecule has 0 radical (unpaired) electrons. The van der Waals surface area contributed by atoms with Crippen LogP contribution in [0.25, 0.3) is 22.4 Å². The highest BCUT2D eigenvalue weighted by Gasteiger charge is 2.19. The third-order valence-corrected chi connectivity index (χ3v) is 5.75. The second kappa shape index (κ2) is 7.24. The van der Waals surface area contributed by atoms with Gasteiger partial charge in [-0.05, 0) is 43.2 Å². The van der Waals surface area contributed by atoms with Gasteiger partial charge in [0.25, 0.3) is 5.56 Å². The number of hydrogen-bond donors (Lipinski definition) is 0. The van der Waals surface area contributed by atoms with Gasteiger partial charge in [-0.25, -0.2) is 4.57 Å². The molecule has 142 valence electrons. The van der Waals surface area contributed by atoms with Crippen LogP contribution in [0.15, 0.2) is 52.4 Å². The summed E-state index contributed by atoms with van der Waals surface area (Å²) in [5, 5.41) is 9.81. The minimum atomic E-state index is -0.134. The maximum Gasteiger partial charge on any atom is 0.267 e. The Morgan fingerprint density at radius 1 is 1.11 bits per heavy atom. The van der Waals surface area contributed by atoms with E-state index >= 15 is 0 Å². The highest BCUT2D eigenvalue weighted by molar-refractivity contribution is 7.99. The van der Waals surface area contributed by atoms with Crippen molar-refractivity contribution >= 4 is 34.2 Å². The van der Waals surface area contributed by atoms with Crippen molar-refractivity contribution < 1.29 is 4.79 Å². The van der Waals surface area contributed by atoms with Crippen LogP contribution in [0.5, 0.6) is 0 Å². The third kappa shape index (κ3) is 3.01. The number of carbonyl (C=O) groups is 1. The molecule has 0 amide bonds. The molecule has 0 saturated heterocycles. The van der Waals surface area contributed by atoms with E-state index in [0.717, 1.165) is 22.3 Å². The summed E-state index contributed by atoms with van der Waals surface area (Å²) in [6.07, 6.45) is 0.484. The number of aromatic nitrogens is 4. The van der Waals surface area contributed by atoms with Crippen molar-refractivity contribution in [3.8, 4) is 5.69 Å². The number of para-hydroxylation sites is 1. The second-order valence-corrected chi connectivity index (χ2v) is 7.69. The summed E-state index contributed by atoms with van der Waals surface area (Å²) in [5.41, 5.74) is 3.42. The van der Waals surface area contributed by atoms with Crippen LogP contribution < -0.4 is 5.56 Å². The van der Waals surface area contributed by atoms with E-state index in [1.807, 2.05) is 67.6 Å². The van der Waals surface area contributed by atoms with Crippen LogP contribution in [0.4, 0.5) is 0 Å². The maximum absolute atomic E-state index is 13.3. The Morgan fingerprint density at radius 2 is 1.89 bits per heavy atom. The lowest BCUT2D eigenvalue weighted by molar-refractivity contribution is -0.116. The summed E-state index contributed by atoms with van der Waals surface area (Å²) in [6.45, 7) is 5.81. The van der Waals surface area contributed by atoms with Gasteiger partial charge in [-0.2, -0.15) is 0 Å². The van der Waals surface area contributed by atoms with E-state index in [1.54, 1.807) is 4.57 Å². The lowest BCUT2D eigenvalue weighted by Gasteiger charge is -2.13. The fourth-order valence-electron chi connectivity index (χ4n) is 3.20. The van der Waals surface area contributed by atoms with E-state index in [2.05, 4.69) is 10.2 Å². The summed E-state index contributed by atoms with van der Waals surface area (Å²) >= 11 is 1.35. The molecule has 28 heavy (non-hydrogen) atoms. The molecule has 0 fully saturated rings. The van der Waals surface area contributed by atoms with Gasteiger partial charge in [0.15, 0.2) is 5.16 Å². The zero-order valence-electron chi connectivity index (χ0n) is 16.0. The van der Waals surface area contributed by atoms with Crippen molar-refractivity contribution in [1.82, 2.24) is 19.2 Å². The monoisotopic (exact) mass is 392 g/mol. The number of fused-ring (bicyclic) bond motifs is 3. The first-order valence-electron chi connectivity index (χ1n) is 9.12. The molecule has 2 aromatic carbocycles. The normalized spacial score (nSPS) is 11.4. The number of rotatable bonds is 5. The minimum Gasteiger partial charge on any atom is -0.299 e. The Kier molecular flexibility index (Phi) is 4.77. The fourth-order valence-corrected chi connectivity index (χ4v) is 4.10. The first kappa shape index (κ1) is 18.4. The molecule has 2 heterocycles. The van der Waals surface area contributed by atoms with Crippen LogP contribution in [0.3, 0.4) is 0 Å². The van der Waals surface area contributed by atoms with Crippen LogP contribution in [0.1, 0.15) is 24.5 Å². The Bertz CT molecular complexity index is 1270. The van der Waals surface area contributed by atoms with Crippen molar-refractivity contribution in [2.45, 2.75) is 32.3 Å². The number of ketones is 1. The Labute approximate surface area is 166 Å². The van der Waals surface area contributed by atoms with Crippen molar-refractivity contribution in [3.05, 3.63) is 63.9 Å². The average Bonchev–Trinajstić information content (AvgIpc) is 3.12. The molecule has 0 unspecified atom stereocenters. The van der Waals surface area contributed by atoms with Crippen LogP contribution >= 0.6 is 11.8 Å². The molecule has 0 spiro atoms. The molecular weight excluding hydrogens is 372 g/mol. The quantitative estimate of drug-likeness (QED) is 0.484. The highest BCUT2D eigenvalue weighted by atomic mass is 32.2. The molecule has 7 heteroatoms. The number of aryl methyl sites for hydroxylation is 2. The Balaban J connectivity index is 2.06. The van der Waals surface area contributed by atoms with E-state index in [1.165, 1.54) is 11.8 Å². The van der Waals surface area contributed by atoms with Gasteiger partial charge in [-0.15, -0.1) is 10.2 Å². The summed E-state index contributed by atoms with van der Waals surface area (Å²) in [7, 11) is 0.